The Hall–Kier alpha value is -2.61. The number of aliphatic hydroxyl groups excluding tert-OH is 1. The number of carbonyl (C=O) groups is 1. The van der Waals surface area contributed by atoms with Gasteiger partial charge in [0.1, 0.15) is 6.23 Å². The molecule has 0 bridgehead atoms. The summed E-state index contributed by atoms with van der Waals surface area (Å²) in [5, 5.41) is 15.2. The van der Waals surface area contributed by atoms with Crippen molar-refractivity contribution < 1.29 is 27.5 Å². The molecule has 1 aliphatic rings. The average molecular weight is 354 g/mol. The maximum Gasteiger partial charge on any atom is 0.228 e. The molecule has 2 aromatic carbocycles. The second kappa shape index (κ2) is 6.72. The summed E-state index contributed by atoms with van der Waals surface area (Å²) in [4.78, 5) is 12.0. The molecule has 25 heavy (non-hydrogen) atoms. The molecule has 1 aliphatic heterocycles. The number of amides is 1. The van der Waals surface area contributed by atoms with Crippen molar-refractivity contribution in [3.8, 4) is 0 Å². The summed E-state index contributed by atoms with van der Waals surface area (Å²) in [7, 11) is 0. The number of halogens is 4. The van der Waals surface area contributed by atoms with Gasteiger partial charge >= 0.3 is 0 Å². The molecule has 0 aliphatic carbocycles. The van der Waals surface area contributed by atoms with Crippen molar-refractivity contribution in [2.75, 3.05) is 11.9 Å². The summed E-state index contributed by atoms with van der Waals surface area (Å²) in [6, 6.07) is 6.56. The second-order valence-electron chi connectivity index (χ2n) is 5.74. The number of rotatable bonds is 4. The summed E-state index contributed by atoms with van der Waals surface area (Å²) < 4.78 is 53.5. The molecule has 8 heteroatoms. The highest BCUT2D eigenvalue weighted by Crippen LogP contribution is 2.33. The smallest absolute Gasteiger partial charge is 0.228 e. The van der Waals surface area contributed by atoms with E-state index in [1.807, 2.05) is 0 Å². The monoisotopic (exact) mass is 354 g/mol. The number of benzene rings is 2. The number of hydrogen-bond acceptors (Lipinski definition) is 3. The minimum Gasteiger partial charge on any atom is -0.373 e. The number of hydrogen-bond donors (Lipinski definition) is 3. The van der Waals surface area contributed by atoms with Crippen LogP contribution in [0.4, 0.5) is 23.2 Å². The van der Waals surface area contributed by atoms with Crippen molar-refractivity contribution in [2.45, 2.75) is 12.1 Å². The summed E-state index contributed by atoms with van der Waals surface area (Å²) >= 11 is 0. The molecule has 0 radical (unpaired) electrons. The van der Waals surface area contributed by atoms with Gasteiger partial charge in [-0.2, -0.15) is 0 Å². The molecule has 3 rings (SSSR count). The molecule has 3 N–H and O–H groups in total. The summed E-state index contributed by atoms with van der Waals surface area (Å²) in [6.07, 6.45) is -1.56. The van der Waals surface area contributed by atoms with Crippen LogP contribution in [0.2, 0.25) is 0 Å². The van der Waals surface area contributed by atoms with E-state index in [4.69, 9.17) is 0 Å². The van der Waals surface area contributed by atoms with Gasteiger partial charge in [0, 0.05) is 12.5 Å². The first-order chi connectivity index (χ1) is 11.9. The highest BCUT2D eigenvalue weighted by molar-refractivity contribution is 5.83. The Labute approximate surface area is 140 Å². The van der Waals surface area contributed by atoms with E-state index in [2.05, 4.69) is 10.6 Å². The zero-order valence-electron chi connectivity index (χ0n) is 12.8. The zero-order chi connectivity index (χ0) is 18.1. The van der Waals surface area contributed by atoms with E-state index in [0.717, 1.165) is 18.2 Å². The molecule has 2 aromatic rings. The van der Waals surface area contributed by atoms with Crippen LogP contribution in [0.1, 0.15) is 11.5 Å². The third-order valence-corrected chi connectivity index (χ3v) is 4.20. The van der Waals surface area contributed by atoms with E-state index in [9.17, 15) is 27.5 Å². The molecule has 3 atom stereocenters. The molecular formula is C17H14F4N2O2. The minimum absolute atomic E-state index is 0.0962. The van der Waals surface area contributed by atoms with E-state index in [0.29, 0.717) is 5.56 Å². The third-order valence-electron chi connectivity index (χ3n) is 4.20. The van der Waals surface area contributed by atoms with Crippen LogP contribution in [-0.2, 0) is 4.79 Å². The zero-order valence-corrected chi connectivity index (χ0v) is 12.8. The predicted molar refractivity (Wildman–Crippen MR) is 81.6 cm³/mol. The van der Waals surface area contributed by atoms with E-state index < -0.39 is 47.2 Å². The topological polar surface area (TPSA) is 61.4 Å². The molecule has 1 amide bonds. The van der Waals surface area contributed by atoms with E-state index in [1.165, 1.54) is 18.2 Å². The fraction of sp³-hybridized carbons (Fsp3) is 0.235. The Bertz CT molecular complexity index is 815. The molecule has 4 nitrogen and oxygen atoms in total. The fourth-order valence-corrected chi connectivity index (χ4v) is 2.93. The van der Waals surface area contributed by atoms with Gasteiger partial charge in [0.05, 0.1) is 11.6 Å². The van der Waals surface area contributed by atoms with Gasteiger partial charge in [-0.1, -0.05) is 12.1 Å². The first kappa shape index (κ1) is 17.2. The number of carbonyl (C=O) groups excluding carboxylic acids is 1. The van der Waals surface area contributed by atoms with Gasteiger partial charge in [-0.25, -0.2) is 17.6 Å². The van der Waals surface area contributed by atoms with Crippen LogP contribution in [0.25, 0.3) is 0 Å². The molecule has 1 heterocycles. The van der Waals surface area contributed by atoms with Gasteiger partial charge in [-0.3, -0.25) is 4.79 Å². The van der Waals surface area contributed by atoms with E-state index >= 15 is 0 Å². The Kier molecular flexibility index (Phi) is 4.63. The Morgan fingerprint density at radius 3 is 2.56 bits per heavy atom. The lowest BCUT2D eigenvalue weighted by molar-refractivity contribution is -0.125. The van der Waals surface area contributed by atoms with Crippen molar-refractivity contribution in [2.24, 2.45) is 5.92 Å². The number of anilines is 1. The van der Waals surface area contributed by atoms with Gasteiger partial charge in [0.15, 0.2) is 23.3 Å². The number of nitrogens with one attached hydrogen (secondary N) is 2. The Morgan fingerprint density at radius 1 is 1.08 bits per heavy atom. The largest absolute Gasteiger partial charge is 0.373 e. The van der Waals surface area contributed by atoms with Crippen LogP contribution in [0, 0.1) is 29.2 Å². The lowest BCUT2D eigenvalue weighted by atomic mass is 9.87. The third kappa shape index (κ3) is 3.30. The van der Waals surface area contributed by atoms with Gasteiger partial charge in [0.2, 0.25) is 5.91 Å². The van der Waals surface area contributed by atoms with E-state index in [1.54, 1.807) is 0 Å². The molecule has 0 saturated carbocycles. The maximum absolute atomic E-state index is 13.7. The highest BCUT2D eigenvalue weighted by Gasteiger charge is 2.41. The first-order valence-corrected chi connectivity index (χ1v) is 7.49. The van der Waals surface area contributed by atoms with Crippen LogP contribution in [0.3, 0.4) is 0 Å². The normalized spacial score (nSPS) is 21.1. The molecule has 0 spiro atoms. The predicted octanol–water partition coefficient (Wildman–Crippen LogP) is 2.50. The molecule has 132 valence electrons. The molecule has 1 fully saturated rings. The van der Waals surface area contributed by atoms with Gasteiger partial charge in [-0.15, -0.1) is 0 Å². The minimum atomic E-state index is -1.56. The standard InChI is InChI=1S/C17H14F4N2O2/c18-10-5-4-8(6-12(10)20)9-7-22-16(24)14(9)17(25)23-13-3-1-2-11(19)15(13)21/h1-6,9,14,17,23,25H,7H2,(H,22,24). The van der Waals surface area contributed by atoms with Crippen molar-refractivity contribution in [3.63, 3.8) is 0 Å². The molecule has 1 saturated heterocycles. The maximum atomic E-state index is 13.7. The van der Waals surface area contributed by atoms with Crippen molar-refractivity contribution in [1.82, 2.24) is 5.32 Å². The van der Waals surface area contributed by atoms with E-state index in [-0.39, 0.29) is 12.2 Å². The van der Waals surface area contributed by atoms with Crippen molar-refractivity contribution >= 4 is 11.6 Å². The number of aliphatic hydroxyl groups is 1. The van der Waals surface area contributed by atoms with Gasteiger partial charge < -0.3 is 15.7 Å². The Balaban J connectivity index is 1.86. The quantitative estimate of drug-likeness (QED) is 0.584. The average Bonchev–Trinajstić information content (AvgIpc) is 2.96. The van der Waals surface area contributed by atoms with Crippen molar-refractivity contribution in [1.29, 1.82) is 0 Å². The van der Waals surface area contributed by atoms with Crippen LogP contribution in [-0.4, -0.2) is 23.8 Å². The van der Waals surface area contributed by atoms with Crippen LogP contribution in [0.15, 0.2) is 36.4 Å². The lowest BCUT2D eigenvalue weighted by Crippen LogP contribution is -2.36. The Morgan fingerprint density at radius 2 is 1.84 bits per heavy atom. The van der Waals surface area contributed by atoms with Crippen LogP contribution >= 0.6 is 0 Å². The summed E-state index contributed by atoms with van der Waals surface area (Å²) in [6.45, 7) is 0.0962. The summed E-state index contributed by atoms with van der Waals surface area (Å²) in [5.41, 5.74) is -0.000879. The fourth-order valence-electron chi connectivity index (χ4n) is 2.93. The highest BCUT2D eigenvalue weighted by atomic mass is 19.2. The van der Waals surface area contributed by atoms with Crippen molar-refractivity contribution in [3.05, 3.63) is 65.2 Å². The summed E-state index contributed by atoms with van der Waals surface area (Å²) in [5.74, 6) is -6.69. The van der Waals surface area contributed by atoms with Gasteiger partial charge in [-0.05, 0) is 29.8 Å². The van der Waals surface area contributed by atoms with Crippen LogP contribution < -0.4 is 10.6 Å². The second-order valence-corrected chi connectivity index (χ2v) is 5.74. The molecule has 0 aromatic heterocycles. The first-order valence-electron chi connectivity index (χ1n) is 7.49. The SMILES string of the molecule is O=C1NCC(c2ccc(F)c(F)c2)C1C(O)Nc1cccc(F)c1F. The van der Waals surface area contributed by atoms with Gasteiger partial charge in [0.25, 0.3) is 0 Å². The molecule has 3 unspecified atom stereocenters. The lowest BCUT2D eigenvalue weighted by Gasteiger charge is -2.24. The molecular weight excluding hydrogens is 340 g/mol. The van der Waals surface area contributed by atoms with Crippen LogP contribution in [0.5, 0.6) is 0 Å².